The zero-order chi connectivity index (χ0) is 13.1. The molecule has 0 spiro atoms. The molecule has 6 heteroatoms. The fourth-order valence-electron chi connectivity index (χ4n) is 1.33. The topological polar surface area (TPSA) is 42.4 Å². The van der Waals surface area contributed by atoms with Gasteiger partial charge >= 0.3 is 0 Å². The standard InChI is InChI=1S/C12H8Cl3NO2/c13-8-2-9(14)4-10(3-8)18-12-11(15)1-7(6-17)5-16-12/h1-5,17H,6H2. The number of hydrogen-bond donors (Lipinski definition) is 1. The average Bonchev–Trinajstić information content (AvgIpc) is 2.30. The Balaban J connectivity index is 2.28. The summed E-state index contributed by atoms with van der Waals surface area (Å²) in [7, 11) is 0. The van der Waals surface area contributed by atoms with Gasteiger partial charge in [-0.05, 0) is 29.8 Å². The van der Waals surface area contributed by atoms with Crippen LogP contribution in [0.3, 0.4) is 0 Å². The summed E-state index contributed by atoms with van der Waals surface area (Å²) in [4.78, 5) is 4.00. The number of aromatic nitrogens is 1. The highest BCUT2D eigenvalue weighted by Crippen LogP contribution is 2.31. The van der Waals surface area contributed by atoms with E-state index in [1.54, 1.807) is 24.3 Å². The van der Waals surface area contributed by atoms with E-state index in [9.17, 15) is 0 Å². The third-order valence-electron chi connectivity index (χ3n) is 2.10. The van der Waals surface area contributed by atoms with Crippen molar-refractivity contribution in [3.63, 3.8) is 0 Å². The molecule has 0 aliphatic carbocycles. The molecular weight excluding hydrogens is 296 g/mol. The highest BCUT2D eigenvalue weighted by molar-refractivity contribution is 6.34. The minimum absolute atomic E-state index is 0.129. The molecular formula is C12H8Cl3NO2. The molecule has 1 heterocycles. The predicted molar refractivity (Wildman–Crippen MR) is 71.7 cm³/mol. The summed E-state index contributed by atoms with van der Waals surface area (Å²) in [5.74, 6) is 0.672. The normalized spacial score (nSPS) is 10.4. The number of aliphatic hydroxyl groups is 1. The van der Waals surface area contributed by atoms with E-state index in [1.165, 1.54) is 6.20 Å². The summed E-state index contributed by atoms with van der Waals surface area (Å²) < 4.78 is 5.48. The lowest BCUT2D eigenvalue weighted by Gasteiger charge is -2.08. The second kappa shape index (κ2) is 5.76. The third kappa shape index (κ3) is 3.27. The highest BCUT2D eigenvalue weighted by Gasteiger charge is 2.07. The van der Waals surface area contributed by atoms with Crippen molar-refractivity contribution >= 4 is 34.8 Å². The lowest BCUT2D eigenvalue weighted by atomic mass is 10.3. The van der Waals surface area contributed by atoms with Gasteiger partial charge in [0.2, 0.25) is 5.88 Å². The Morgan fingerprint density at radius 2 is 1.72 bits per heavy atom. The van der Waals surface area contributed by atoms with Gasteiger partial charge in [0.25, 0.3) is 0 Å². The molecule has 2 rings (SSSR count). The number of pyridine rings is 1. The fraction of sp³-hybridized carbons (Fsp3) is 0.0833. The molecule has 1 aromatic heterocycles. The Labute approximate surface area is 119 Å². The second-order valence-corrected chi connectivity index (χ2v) is 4.78. The summed E-state index contributed by atoms with van der Waals surface area (Å²) in [6.45, 7) is -0.129. The lowest BCUT2D eigenvalue weighted by molar-refractivity contribution is 0.281. The van der Waals surface area contributed by atoms with E-state index in [2.05, 4.69) is 4.98 Å². The first kappa shape index (κ1) is 13.4. The van der Waals surface area contributed by atoms with E-state index in [1.807, 2.05) is 0 Å². The van der Waals surface area contributed by atoms with Gasteiger partial charge < -0.3 is 9.84 Å². The van der Waals surface area contributed by atoms with Gasteiger partial charge in [0, 0.05) is 16.2 Å². The van der Waals surface area contributed by atoms with Gasteiger partial charge in [-0.25, -0.2) is 4.98 Å². The second-order valence-electron chi connectivity index (χ2n) is 3.50. The van der Waals surface area contributed by atoms with E-state index in [-0.39, 0.29) is 12.5 Å². The van der Waals surface area contributed by atoms with Crippen LogP contribution in [0.2, 0.25) is 15.1 Å². The first-order chi connectivity index (χ1) is 8.58. The Morgan fingerprint density at radius 1 is 1.06 bits per heavy atom. The van der Waals surface area contributed by atoms with E-state index < -0.39 is 0 Å². The van der Waals surface area contributed by atoms with Gasteiger partial charge in [0.15, 0.2) is 0 Å². The van der Waals surface area contributed by atoms with Crippen LogP contribution in [0, 0.1) is 0 Å². The monoisotopic (exact) mass is 303 g/mol. The Morgan fingerprint density at radius 3 is 2.28 bits per heavy atom. The average molecular weight is 305 g/mol. The van der Waals surface area contributed by atoms with Crippen LogP contribution in [0.5, 0.6) is 11.6 Å². The Hall–Kier alpha value is -1.000. The van der Waals surface area contributed by atoms with Crippen LogP contribution >= 0.6 is 34.8 Å². The smallest absolute Gasteiger partial charge is 0.238 e. The van der Waals surface area contributed by atoms with Crippen molar-refractivity contribution in [2.24, 2.45) is 0 Å². The molecule has 0 fully saturated rings. The van der Waals surface area contributed by atoms with E-state index in [0.29, 0.717) is 26.4 Å². The molecule has 0 atom stereocenters. The number of rotatable bonds is 3. The van der Waals surface area contributed by atoms with Gasteiger partial charge in [0.05, 0.1) is 6.61 Å². The van der Waals surface area contributed by atoms with Crippen molar-refractivity contribution in [2.75, 3.05) is 0 Å². The summed E-state index contributed by atoms with van der Waals surface area (Å²) >= 11 is 17.7. The van der Waals surface area contributed by atoms with E-state index in [4.69, 9.17) is 44.6 Å². The summed E-state index contributed by atoms with van der Waals surface area (Å²) in [5.41, 5.74) is 0.608. The minimum atomic E-state index is -0.129. The lowest BCUT2D eigenvalue weighted by Crippen LogP contribution is -1.92. The molecule has 0 aliphatic rings. The largest absolute Gasteiger partial charge is 0.437 e. The molecule has 2 aromatic rings. The number of benzene rings is 1. The first-order valence-electron chi connectivity index (χ1n) is 4.97. The molecule has 1 N–H and O–H groups in total. The molecule has 0 aliphatic heterocycles. The number of aliphatic hydroxyl groups excluding tert-OH is 1. The van der Waals surface area contributed by atoms with Crippen molar-refractivity contribution in [1.82, 2.24) is 4.98 Å². The van der Waals surface area contributed by atoms with Crippen molar-refractivity contribution in [3.05, 3.63) is 51.1 Å². The number of halogens is 3. The maximum absolute atomic E-state index is 8.94. The Kier molecular flexibility index (Phi) is 4.30. The van der Waals surface area contributed by atoms with Crippen LogP contribution in [0.15, 0.2) is 30.5 Å². The summed E-state index contributed by atoms with van der Waals surface area (Å²) in [5, 5.41) is 10.2. The zero-order valence-electron chi connectivity index (χ0n) is 9.03. The molecule has 0 bridgehead atoms. The molecule has 0 amide bonds. The van der Waals surface area contributed by atoms with E-state index in [0.717, 1.165) is 0 Å². The molecule has 18 heavy (non-hydrogen) atoms. The molecule has 0 radical (unpaired) electrons. The highest BCUT2D eigenvalue weighted by atomic mass is 35.5. The summed E-state index contributed by atoms with van der Waals surface area (Å²) in [6, 6.07) is 6.38. The van der Waals surface area contributed by atoms with Crippen molar-refractivity contribution in [1.29, 1.82) is 0 Å². The molecule has 1 aromatic carbocycles. The van der Waals surface area contributed by atoms with Crippen LogP contribution in [-0.4, -0.2) is 10.1 Å². The first-order valence-corrected chi connectivity index (χ1v) is 6.11. The fourth-order valence-corrected chi connectivity index (χ4v) is 2.06. The van der Waals surface area contributed by atoms with Crippen LogP contribution in [0.4, 0.5) is 0 Å². The minimum Gasteiger partial charge on any atom is -0.437 e. The van der Waals surface area contributed by atoms with Gasteiger partial charge in [-0.1, -0.05) is 34.8 Å². The molecule has 0 unspecified atom stereocenters. The van der Waals surface area contributed by atoms with Crippen LogP contribution in [0.25, 0.3) is 0 Å². The van der Waals surface area contributed by atoms with Crippen molar-refractivity contribution in [3.8, 4) is 11.6 Å². The molecule has 3 nitrogen and oxygen atoms in total. The van der Waals surface area contributed by atoms with Gasteiger partial charge in [-0.2, -0.15) is 0 Å². The van der Waals surface area contributed by atoms with Crippen molar-refractivity contribution < 1.29 is 9.84 Å². The maximum Gasteiger partial charge on any atom is 0.238 e. The van der Waals surface area contributed by atoms with Gasteiger partial charge in [-0.3, -0.25) is 0 Å². The van der Waals surface area contributed by atoms with Crippen LogP contribution < -0.4 is 4.74 Å². The molecule has 0 saturated carbocycles. The van der Waals surface area contributed by atoms with Crippen LogP contribution in [-0.2, 0) is 6.61 Å². The number of hydrogen-bond acceptors (Lipinski definition) is 3. The van der Waals surface area contributed by atoms with Gasteiger partial charge in [-0.15, -0.1) is 0 Å². The Bertz CT molecular complexity index is 555. The SMILES string of the molecule is OCc1cnc(Oc2cc(Cl)cc(Cl)c2)c(Cl)c1. The maximum atomic E-state index is 8.94. The van der Waals surface area contributed by atoms with Crippen LogP contribution in [0.1, 0.15) is 5.56 Å². The predicted octanol–water partition coefficient (Wildman–Crippen LogP) is 4.33. The van der Waals surface area contributed by atoms with Gasteiger partial charge in [0.1, 0.15) is 10.8 Å². The third-order valence-corrected chi connectivity index (χ3v) is 2.80. The zero-order valence-corrected chi connectivity index (χ0v) is 11.3. The quantitative estimate of drug-likeness (QED) is 0.918. The number of ether oxygens (including phenoxy) is 1. The summed E-state index contributed by atoms with van der Waals surface area (Å²) in [6.07, 6.45) is 1.48. The van der Waals surface area contributed by atoms with E-state index >= 15 is 0 Å². The molecule has 0 saturated heterocycles. The number of nitrogens with zero attached hydrogens (tertiary/aromatic N) is 1. The molecule has 94 valence electrons. The van der Waals surface area contributed by atoms with Crippen molar-refractivity contribution in [2.45, 2.75) is 6.61 Å².